The number of ether oxygens (including phenoxy) is 2. The second-order valence-electron chi connectivity index (χ2n) is 11.2. The molecule has 3 N–H and O–H groups in total. The summed E-state index contributed by atoms with van der Waals surface area (Å²) in [5.74, 6) is -1.49. The number of aryl methyl sites for hydroxylation is 1. The lowest BCUT2D eigenvalue weighted by Crippen LogP contribution is -2.49. The van der Waals surface area contributed by atoms with Gasteiger partial charge in [-0.15, -0.1) is 17.9 Å². The van der Waals surface area contributed by atoms with Crippen LogP contribution in [0.4, 0.5) is 0 Å². The summed E-state index contributed by atoms with van der Waals surface area (Å²) in [7, 11) is 0. The summed E-state index contributed by atoms with van der Waals surface area (Å²) in [6.45, 7) is 15.0. The highest BCUT2D eigenvalue weighted by molar-refractivity contribution is 7.09. The van der Waals surface area contributed by atoms with E-state index in [2.05, 4.69) is 16.9 Å². The minimum Gasteiger partial charge on any atom is -0.392 e. The van der Waals surface area contributed by atoms with Crippen molar-refractivity contribution in [2.75, 3.05) is 6.61 Å². The molecule has 37 heavy (non-hydrogen) atoms. The molecule has 9 heteroatoms. The molecule has 2 aliphatic heterocycles. The third kappa shape index (κ3) is 7.15. The maximum atomic E-state index is 13.5. The fourth-order valence-electron chi connectivity index (χ4n) is 4.94. The van der Waals surface area contributed by atoms with Gasteiger partial charge in [0.25, 0.3) is 0 Å². The van der Waals surface area contributed by atoms with Crippen molar-refractivity contribution in [2.45, 2.75) is 103 Å². The molecule has 8 nitrogen and oxygen atoms in total. The van der Waals surface area contributed by atoms with E-state index in [0.717, 1.165) is 16.3 Å². The second-order valence-corrected chi connectivity index (χ2v) is 12.3. The Bertz CT molecular complexity index is 1020. The number of nitrogens with one attached hydrogen (secondary N) is 1. The summed E-state index contributed by atoms with van der Waals surface area (Å²) in [4.78, 5) is 31.2. The number of epoxide rings is 1. The third-order valence-corrected chi connectivity index (χ3v) is 8.65. The number of carbonyl (C=O) groups is 2. The van der Waals surface area contributed by atoms with Crippen LogP contribution < -0.4 is 5.32 Å². The predicted molar refractivity (Wildman–Crippen MR) is 144 cm³/mol. The number of hydrogen-bond acceptors (Lipinski definition) is 8. The first kappa shape index (κ1) is 29.6. The minimum atomic E-state index is -1.26. The molecule has 3 rings (SSSR count). The molecule has 0 unspecified atom stereocenters. The molecule has 7 atom stereocenters. The number of aliphatic hydroxyl groups is 2. The van der Waals surface area contributed by atoms with Crippen molar-refractivity contribution in [3.05, 3.63) is 34.3 Å². The van der Waals surface area contributed by atoms with Gasteiger partial charge in [-0.2, -0.15) is 0 Å². The summed E-state index contributed by atoms with van der Waals surface area (Å²) in [5, 5.41) is 28.0. The quantitative estimate of drug-likeness (QED) is 0.399. The second kappa shape index (κ2) is 11.9. The van der Waals surface area contributed by atoms with Gasteiger partial charge in [0.2, 0.25) is 5.91 Å². The number of rotatable bonds is 4. The SMILES string of the molecule is C=CC[C@H]1C(=O)C(C)(C)[C@@H](O)CC(=O)N[C@H](C(C)=Cc2csc(C)n2)C[C@@H]2O[C@]2(C)CCO[C@H](C)[C@H]1O. The molecule has 0 aromatic carbocycles. The monoisotopic (exact) mass is 534 g/mol. The number of amides is 1. The number of hydrogen-bond donors (Lipinski definition) is 3. The largest absolute Gasteiger partial charge is 0.392 e. The molecule has 0 radical (unpaired) electrons. The Hall–Kier alpha value is -1.91. The molecule has 0 aliphatic carbocycles. The lowest BCUT2D eigenvalue weighted by molar-refractivity contribution is -0.147. The van der Waals surface area contributed by atoms with Crippen molar-refractivity contribution in [3.63, 3.8) is 0 Å². The first-order valence-corrected chi connectivity index (χ1v) is 13.9. The van der Waals surface area contributed by atoms with Crippen LogP contribution in [0.2, 0.25) is 0 Å². The first-order valence-electron chi connectivity index (χ1n) is 13.0. The van der Waals surface area contributed by atoms with E-state index in [9.17, 15) is 19.8 Å². The van der Waals surface area contributed by atoms with Crippen molar-refractivity contribution < 1.29 is 29.3 Å². The fourth-order valence-corrected chi connectivity index (χ4v) is 5.51. The number of ketones is 1. The van der Waals surface area contributed by atoms with Crippen LogP contribution in [0.3, 0.4) is 0 Å². The summed E-state index contributed by atoms with van der Waals surface area (Å²) < 4.78 is 12.0. The Kier molecular flexibility index (Phi) is 9.51. The molecule has 0 bridgehead atoms. The smallest absolute Gasteiger partial charge is 0.223 e. The number of allylic oxidation sites excluding steroid dienone is 1. The topological polar surface area (TPSA) is 121 Å². The van der Waals surface area contributed by atoms with Gasteiger partial charge >= 0.3 is 0 Å². The zero-order valence-electron chi connectivity index (χ0n) is 22.8. The summed E-state index contributed by atoms with van der Waals surface area (Å²) in [5.41, 5.74) is 0.0998. The highest BCUT2D eigenvalue weighted by Crippen LogP contribution is 2.43. The molecular weight excluding hydrogens is 492 g/mol. The molecule has 1 amide bonds. The number of aliphatic hydroxyl groups excluding tert-OH is 2. The lowest BCUT2D eigenvalue weighted by atomic mass is 9.72. The summed E-state index contributed by atoms with van der Waals surface area (Å²) in [6.07, 6.45) is 1.72. The number of Topliss-reactive ketones (excluding diaryl/α,β-unsaturated/α-hetero) is 1. The Morgan fingerprint density at radius 1 is 1.32 bits per heavy atom. The van der Waals surface area contributed by atoms with E-state index < -0.39 is 35.2 Å². The predicted octanol–water partition coefficient (Wildman–Crippen LogP) is 3.60. The van der Waals surface area contributed by atoms with Gasteiger partial charge in [0, 0.05) is 24.8 Å². The number of nitrogens with zero attached hydrogens (tertiary/aromatic N) is 1. The first-order chi connectivity index (χ1) is 17.3. The fraction of sp³-hybridized carbons (Fsp3) is 0.679. The van der Waals surface area contributed by atoms with E-state index in [1.807, 2.05) is 32.2 Å². The molecular formula is C28H42N2O6S. The molecule has 206 valence electrons. The molecule has 1 aromatic rings. The Morgan fingerprint density at radius 3 is 2.65 bits per heavy atom. The molecule has 2 saturated heterocycles. The highest BCUT2D eigenvalue weighted by Gasteiger charge is 2.53. The van der Waals surface area contributed by atoms with Crippen LogP contribution in [0.25, 0.3) is 6.08 Å². The lowest BCUT2D eigenvalue weighted by Gasteiger charge is -2.35. The van der Waals surface area contributed by atoms with Gasteiger partial charge in [0.15, 0.2) is 0 Å². The van der Waals surface area contributed by atoms with Gasteiger partial charge in [-0.25, -0.2) is 4.98 Å². The van der Waals surface area contributed by atoms with Gasteiger partial charge in [-0.1, -0.05) is 19.9 Å². The van der Waals surface area contributed by atoms with Gasteiger partial charge in [0.1, 0.15) is 5.78 Å². The van der Waals surface area contributed by atoms with Gasteiger partial charge in [-0.05, 0) is 45.8 Å². The maximum Gasteiger partial charge on any atom is 0.223 e. The van der Waals surface area contributed by atoms with Crippen molar-refractivity contribution in [3.8, 4) is 0 Å². The van der Waals surface area contributed by atoms with Crippen LogP contribution in [0.5, 0.6) is 0 Å². The standard InChI is InChI=1S/C28H42N2O6S/c1-8-9-20-25(33)17(3)35-11-10-28(7)23(36-28)13-21(16(2)12-19-15-37-18(4)29-19)30-24(32)14-22(31)27(5,6)26(20)34/h8,12,15,17,20-23,25,31,33H,1,9-11,13-14H2,2-7H3,(H,30,32)/t17-,20-,21+,22+,23+,25-,28-/m1/s1. The van der Waals surface area contributed by atoms with E-state index in [1.54, 1.807) is 38.2 Å². The number of carbonyl (C=O) groups excluding carboxylic acids is 2. The van der Waals surface area contributed by atoms with E-state index in [0.29, 0.717) is 19.4 Å². The molecule has 0 saturated carbocycles. The summed E-state index contributed by atoms with van der Waals surface area (Å²) in [6, 6.07) is -0.324. The van der Waals surface area contributed by atoms with Crippen LogP contribution >= 0.6 is 11.3 Å². The van der Waals surface area contributed by atoms with Gasteiger partial charge in [0.05, 0.1) is 64.5 Å². The van der Waals surface area contributed by atoms with Gasteiger partial charge < -0.3 is 25.0 Å². The molecule has 2 aliphatic rings. The molecule has 3 heterocycles. The van der Waals surface area contributed by atoms with E-state index in [1.165, 1.54) is 0 Å². The molecule has 1 aromatic heterocycles. The zero-order chi connectivity index (χ0) is 27.5. The average molecular weight is 535 g/mol. The van der Waals surface area contributed by atoms with Crippen LogP contribution in [-0.2, 0) is 19.1 Å². The minimum absolute atomic E-state index is 0.0773. The van der Waals surface area contributed by atoms with Crippen LogP contribution in [0.1, 0.15) is 71.0 Å². The average Bonchev–Trinajstić information content (AvgIpc) is 3.27. The van der Waals surface area contributed by atoms with Crippen molar-refractivity contribution in [1.29, 1.82) is 0 Å². The zero-order valence-corrected chi connectivity index (χ0v) is 23.6. The van der Waals surface area contributed by atoms with Gasteiger partial charge in [-0.3, -0.25) is 9.59 Å². The summed E-state index contributed by atoms with van der Waals surface area (Å²) >= 11 is 1.56. The van der Waals surface area contributed by atoms with Crippen LogP contribution in [0.15, 0.2) is 23.6 Å². The van der Waals surface area contributed by atoms with Crippen LogP contribution in [0, 0.1) is 18.3 Å². The molecule has 0 spiro atoms. The van der Waals surface area contributed by atoms with E-state index in [4.69, 9.17) is 9.47 Å². The molecule has 2 fully saturated rings. The van der Waals surface area contributed by atoms with Crippen molar-refractivity contribution in [2.24, 2.45) is 11.3 Å². The van der Waals surface area contributed by atoms with E-state index >= 15 is 0 Å². The highest BCUT2D eigenvalue weighted by atomic mass is 32.1. The Morgan fingerprint density at radius 2 is 2.03 bits per heavy atom. The van der Waals surface area contributed by atoms with Crippen molar-refractivity contribution >= 4 is 29.1 Å². The Labute approximate surface area is 224 Å². The normalized spacial score (nSPS) is 35.9. The number of thiazole rings is 1. The Balaban J connectivity index is 1.88. The van der Waals surface area contributed by atoms with E-state index in [-0.39, 0.29) is 36.7 Å². The maximum absolute atomic E-state index is 13.5. The number of fused-ring (bicyclic) bond motifs is 1. The van der Waals surface area contributed by atoms with Crippen LogP contribution in [-0.4, -0.2) is 69.6 Å². The third-order valence-electron chi connectivity index (χ3n) is 7.86. The number of aromatic nitrogens is 1. The van der Waals surface area contributed by atoms with Crippen molar-refractivity contribution in [1.82, 2.24) is 10.3 Å².